The van der Waals surface area contributed by atoms with Gasteiger partial charge in [0.25, 0.3) is 0 Å². The molecule has 1 aromatic heterocycles. The van der Waals surface area contributed by atoms with E-state index in [-0.39, 0.29) is 17.2 Å². The lowest BCUT2D eigenvalue weighted by molar-refractivity contribution is 0.438. The maximum atomic E-state index is 5.63. The number of benzene rings is 1. The highest BCUT2D eigenvalue weighted by atomic mass is 127. The van der Waals surface area contributed by atoms with Crippen LogP contribution in [0.4, 0.5) is 5.95 Å². The van der Waals surface area contributed by atoms with Gasteiger partial charge in [0.2, 0.25) is 11.2 Å². The van der Waals surface area contributed by atoms with Gasteiger partial charge in [-0.15, -0.1) is 0 Å². The molecule has 82 valence electrons. The van der Waals surface area contributed by atoms with Crippen molar-refractivity contribution in [3.63, 3.8) is 0 Å². The molecule has 2 N–H and O–H groups in total. The first kappa shape index (κ1) is 11.3. The minimum absolute atomic E-state index is 0.00781. The second kappa shape index (κ2) is 4.79. The van der Waals surface area contributed by atoms with Crippen molar-refractivity contribution < 1.29 is 4.74 Å². The molecule has 7 heteroatoms. The molecule has 1 aromatic carbocycles. The molecule has 0 spiro atoms. The van der Waals surface area contributed by atoms with Crippen LogP contribution in [-0.4, -0.2) is 15.0 Å². The largest absolute Gasteiger partial charge is 0.423 e. The Balaban J connectivity index is 2.30. The Morgan fingerprint density at radius 3 is 2.62 bits per heavy atom. The molecular weight excluding hydrogens is 342 g/mol. The van der Waals surface area contributed by atoms with Crippen LogP contribution in [0.2, 0.25) is 5.28 Å². The SMILES string of the molecule is Nc1nc(Cl)nc(Oc2ccccc2I)n1. The zero-order valence-corrected chi connectivity index (χ0v) is 10.8. The van der Waals surface area contributed by atoms with Gasteiger partial charge in [-0.1, -0.05) is 12.1 Å². The average molecular weight is 349 g/mol. The van der Waals surface area contributed by atoms with Gasteiger partial charge < -0.3 is 10.5 Å². The number of nitrogens with zero attached hydrogens (tertiary/aromatic N) is 3. The van der Waals surface area contributed by atoms with E-state index >= 15 is 0 Å². The minimum Gasteiger partial charge on any atom is -0.423 e. The van der Waals surface area contributed by atoms with Crippen LogP contribution in [0.15, 0.2) is 24.3 Å². The fourth-order valence-corrected chi connectivity index (χ4v) is 1.67. The maximum Gasteiger partial charge on any atom is 0.328 e. The number of rotatable bonds is 2. The molecule has 0 bridgehead atoms. The van der Waals surface area contributed by atoms with Crippen LogP contribution in [0.3, 0.4) is 0 Å². The van der Waals surface area contributed by atoms with E-state index in [1.54, 1.807) is 6.07 Å². The smallest absolute Gasteiger partial charge is 0.328 e. The number of ether oxygens (including phenoxy) is 1. The van der Waals surface area contributed by atoms with E-state index in [4.69, 9.17) is 22.1 Å². The monoisotopic (exact) mass is 348 g/mol. The molecular formula is C9H6ClIN4O. The normalized spacial score (nSPS) is 10.1. The molecule has 1 heterocycles. The minimum atomic E-state index is 0.00781. The third kappa shape index (κ3) is 2.70. The quantitative estimate of drug-likeness (QED) is 0.844. The van der Waals surface area contributed by atoms with Gasteiger partial charge in [-0.3, -0.25) is 0 Å². The lowest BCUT2D eigenvalue weighted by Gasteiger charge is -2.05. The first-order valence-corrected chi connectivity index (χ1v) is 5.70. The van der Waals surface area contributed by atoms with E-state index in [0.717, 1.165) is 3.57 Å². The Morgan fingerprint density at radius 2 is 1.94 bits per heavy atom. The van der Waals surface area contributed by atoms with Gasteiger partial charge in [0, 0.05) is 0 Å². The van der Waals surface area contributed by atoms with Crippen LogP contribution in [0, 0.1) is 3.57 Å². The fourth-order valence-electron chi connectivity index (χ4n) is 1.02. The molecule has 0 unspecified atom stereocenters. The van der Waals surface area contributed by atoms with Gasteiger partial charge in [0.05, 0.1) is 3.57 Å². The summed E-state index contributed by atoms with van der Waals surface area (Å²) < 4.78 is 6.38. The van der Waals surface area contributed by atoms with E-state index in [0.29, 0.717) is 5.75 Å². The van der Waals surface area contributed by atoms with Crippen LogP contribution in [0.5, 0.6) is 11.8 Å². The third-order valence-electron chi connectivity index (χ3n) is 1.64. The Labute approximate surface area is 110 Å². The summed E-state index contributed by atoms with van der Waals surface area (Å²) in [6.45, 7) is 0. The zero-order chi connectivity index (χ0) is 11.5. The van der Waals surface area contributed by atoms with Gasteiger partial charge >= 0.3 is 6.01 Å². The van der Waals surface area contributed by atoms with Crippen molar-refractivity contribution in [1.82, 2.24) is 15.0 Å². The van der Waals surface area contributed by atoms with Gasteiger partial charge in [-0.05, 0) is 46.3 Å². The van der Waals surface area contributed by atoms with Crippen molar-refractivity contribution >= 4 is 40.1 Å². The van der Waals surface area contributed by atoms with Crippen LogP contribution >= 0.6 is 34.2 Å². The molecule has 0 aliphatic carbocycles. The summed E-state index contributed by atoms with van der Waals surface area (Å²) in [6.07, 6.45) is 0. The summed E-state index contributed by atoms with van der Waals surface area (Å²) in [5, 5.41) is 0.00781. The number of aromatic nitrogens is 3. The molecule has 5 nitrogen and oxygen atoms in total. The summed E-state index contributed by atoms with van der Waals surface area (Å²) in [5.41, 5.74) is 5.42. The summed E-state index contributed by atoms with van der Waals surface area (Å²) in [7, 11) is 0. The van der Waals surface area contributed by atoms with Crippen molar-refractivity contribution in [2.45, 2.75) is 0 Å². The highest BCUT2D eigenvalue weighted by Gasteiger charge is 2.06. The summed E-state index contributed by atoms with van der Waals surface area (Å²) >= 11 is 7.78. The van der Waals surface area contributed by atoms with Crippen LogP contribution in [0.1, 0.15) is 0 Å². The number of halogens is 2. The van der Waals surface area contributed by atoms with Crippen molar-refractivity contribution in [1.29, 1.82) is 0 Å². The Morgan fingerprint density at radius 1 is 1.19 bits per heavy atom. The molecule has 0 saturated heterocycles. The summed E-state index contributed by atoms with van der Waals surface area (Å²) in [5.74, 6) is 0.672. The van der Waals surface area contributed by atoms with E-state index in [1.165, 1.54) is 0 Å². The highest BCUT2D eigenvalue weighted by molar-refractivity contribution is 14.1. The number of para-hydroxylation sites is 1. The molecule has 0 saturated carbocycles. The second-order valence-electron chi connectivity index (χ2n) is 2.78. The number of anilines is 1. The van der Waals surface area contributed by atoms with E-state index < -0.39 is 0 Å². The predicted octanol–water partition coefficient (Wildman–Crippen LogP) is 2.50. The van der Waals surface area contributed by atoms with Crippen LogP contribution in [-0.2, 0) is 0 Å². The first-order chi connectivity index (χ1) is 7.65. The van der Waals surface area contributed by atoms with Gasteiger partial charge in [-0.2, -0.15) is 15.0 Å². The molecule has 0 radical (unpaired) electrons. The maximum absolute atomic E-state index is 5.63. The standard InChI is InChI=1S/C9H6ClIN4O/c10-7-13-8(12)15-9(14-7)16-6-4-2-1-3-5(6)11/h1-4H,(H2,12,13,14,15). The van der Waals surface area contributed by atoms with Crippen molar-refractivity contribution in [2.24, 2.45) is 0 Å². The molecule has 2 rings (SSSR count). The van der Waals surface area contributed by atoms with Crippen molar-refractivity contribution in [3.8, 4) is 11.8 Å². The molecule has 0 fully saturated rings. The molecule has 2 aromatic rings. The van der Waals surface area contributed by atoms with Crippen molar-refractivity contribution in [2.75, 3.05) is 5.73 Å². The molecule has 0 atom stereocenters. The summed E-state index contributed by atoms with van der Waals surface area (Å²) in [6, 6.07) is 7.55. The second-order valence-corrected chi connectivity index (χ2v) is 4.28. The molecule has 0 aliphatic heterocycles. The predicted molar refractivity (Wildman–Crippen MR) is 68.5 cm³/mol. The van der Waals surface area contributed by atoms with E-state index in [9.17, 15) is 0 Å². The number of nitrogen functional groups attached to an aromatic ring is 1. The highest BCUT2D eigenvalue weighted by Crippen LogP contribution is 2.24. The number of hydrogen-bond acceptors (Lipinski definition) is 5. The zero-order valence-electron chi connectivity index (χ0n) is 7.89. The topological polar surface area (TPSA) is 73.9 Å². The number of nitrogens with two attached hydrogens (primary N) is 1. The molecule has 16 heavy (non-hydrogen) atoms. The lowest BCUT2D eigenvalue weighted by atomic mass is 10.3. The molecule has 0 aliphatic rings. The lowest BCUT2D eigenvalue weighted by Crippen LogP contribution is -2.00. The van der Waals surface area contributed by atoms with E-state index in [1.807, 2.05) is 18.2 Å². The third-order valence-corrected chi connectivity index (χ3v) is 2.70. The van der Waals surface area contributed by atoms with E-state index in [2.05, 4.69) is 37.5 Å². The fraction of sp³-hybridized carbons (Fsp3) is 0. The Hall–Kier alpha value is -1.15. The van der Waals surface area contributed by atoms with Gasteiger partial charge in [0.1, 0.15) is 5.75 Å². The van der Waals surface area contributed by atoms with Crippen LogP contribution in [0.25, 0.3) is 0 Å². The van der Waals surface area contributed by atoms with Gasteiger partial charge in [0.15, 0.2) is 0 Å². The summed E-state index contributed by atoms with van der Waals surface area (Å²) in [4.78, 5) is 11.3. The number of hydrogen-bond donors (Lipinski definition) is 1. The van der Waals surface area contributed by atoms with Crippen molar-refractivity contribution in [3.05, 3.63) is 33.1 Å². The molecule has 0 amide bonds. The van der Waals surface area contributed by atoms with Crippen LogP contribution < -0.4 is 10.5 Å². The van der Waals surface area contributed by atoms with Gasteiger partial charge in [-0.25, -0.2) is 0 Å². The first-order valence-electron chi connectivity index (χ1n) is 4.24. The Bertz CT molecular complexity index is 502. The average Bonchev–Trinajstić information content (AvgIpc) is 2.20. The Kier molecular flexibility index (Phi) is 3.39.